The second kappa shape index (κ2) is 7.53. The lowest BCUT2D eigenvalue weighted by Gasteiger charge is -2.24. The zero-order valence-corrected chi connectivity index (χ0v) is 14.4. The molecule has 1 aromatic carbocycles. The molecule has 1 aliphatic heterocycles. The van der Waals surface area contributed by atoms with Crippen LogP contribution in [0.3, 0.4) is 0 Å². The molecule has 28 heavy (non-hydrogen) atoms. The number of hydrogen-bond donors (Lipinski definition) is 1. The first-order valence-electron chi connectivity index (χ1n) is 8.47. The van der Waals surface area contributed by atoms with Crippen LogP contribution in [-0.2, 0) is 30.4 Å². The molecule has 1 aromatic heterocycles. The first-order valence-corrected chi connectivity index (χ1v) is 8.47. The fraction of sp³-hybridized carbons (Fsp3) is 0.471. The lowest BCUT2D eigenvalue weighted by atomic mass is 9.88. The number of aromatic nitrogens is 3. The SMILES string of the molecule is N[C@@H](CC(=O)C1CCn2c(nnc2C(F)(F)F)C1)Cc1cc(F)cc(F)c1F. The monoisotopic (exact) mass is 406 g/mol. The highest BCUT2D eigenvalue weighted by Gasteiger charge is 2.40. The zero-order chi connectivity index (χ0) is 20.6. The highest BCUT2D eigenvalue weighted by molar-refractivity contribution is 5.81. The van der Waals surface area contributed by atoms with Gasteiger partial charge in [-0.3, -0.25) is 4.79 Å². The molecule has 0 aliphatic carbocycles. The van der Waals surface area contributed by atoms with Crippen LogP contribution in [0.25, 0.3) is 0 Å². The third kappa shape index (κ3) is 4.18. The van der Waals surface area contributed by atoms with Crippen LogP contribution in [0, 0.1) is 23.4 Å². The summed E-state index contributed by atoms with van der Waals surface area (Å²) in [5.41, 5.74) is 5.54. The molecule has 0 radical (unpaired) electrons. The van der Waals surface area contributed by atoms with E-state index in [4.69, 9.17) is 5.73 Å². The minimum Gasteiger partial charge on any atom is -0.327 e. The molecular weight excluding hydrogens is 390 g/mol. The van der Waals surface area contributed by atoms with Crippen molar-refractivity contribution in [3.05, 3.63) is 46.8 Å². The Hall–Kier alpha value is -2.43. The van der Waals surface area contributed by atoms with Crippen molar-refractivity contribution < 1.29 is 31.1 Å². The Balaban J connectivity index is 1.64. The summed E-state index contributed by atoms with van der Waals surface area (Å²) in [5, 5.41) is 6.66. The highest BCUT2D eigenvalue weighted by Crippen LogP contribution is 2.31. The molecule has 2 aromatic rings. The molecule has 11 heteroatoms. The maximum atomic E-state index is 13.7. The predicted octanol–water partition coefficient (Wildman–Crippen LogP) is 2.81. The number of ketones is 1. The molecule has 1 aliphatic rings. The summed E-state index contributed by atoms with van der Waals surface area (Å²) in [6.07, 6.45) is -4.95. The number of halogens is 6. The summed E-state index contributed by atoms with van der Waals surface area (Å²) in [7, 11) is 0. The lowest BCUT2D eigenvalue weighted by molar-refractivity contribution is -0.147. The van der Waals surface area contributed by atoms with E-state index in [1.54, 1.807) is 0 Å². The number of nitrogens with zero attached hydrogens (tertiary/aromatic N) is 3. The van der Waals surface area contributed by atoms with Crippen molar-refractivity contribution in [1.29, 1.82) is 0 Å². The summed E-state index contributed by atoms with van der Waals surface area (Å²) < 4.78 is 79.7. The van der Waals surface area contributed by atoms with Gasteiger partial charge in [-0.2, -0.15) is 13.2 Å². The van der Waals surface area contributed by atoms with Gasteiger partial charge in [-0.1, -0.05) is 0 Å². The molecular formula is C17H16F6N4O. The van der Waals surface area contributed by atoms with Crippen LogP contribution in [0.5, 0.6) is 0 Å². The third-order valence-electron chi connectivity index (χ3n) is 4.68. The number of carbonyl (C=O) groups is 1. The highest BCUT2D eigenvalue weighted by atomic mass is 19.4. The fourth-order valence-corrected chi connectivity index (χ4v) is 3.35. The molecule has 0 fully saturated rings. The van der Waals surface area contributed by atoms with Gasteiger partial charge >= 0.3 is 6.18 Å². The van der Waals surface area contributed by atoms with Crippen molar-refractivity contribution >= 4 is 5.78 Å². The van der Waals surface area contributed by atoms with Gasteiger partial charge in [0.2, 0.25) is 5.82 Å². The lowest BCUT2D eigenvalue weighted by Crippen LogP contribution is -2.33. The maximum absolute atomic E-state index is 13.7. The number of benzene rings is 1. The number of fused-ring (bicyclic) bond motifs is 1. The van der Waals surface area contributed by atoms with Crippen molar-refractivity contribution in [3.8, 4) is 0 Å². The van der Waals surface area contributed by atoms with Gasteiger partial charge in [-0.05, 0) is 24.5 Å². The molecule has 0 saturated carbocycles. The first-order chi connectivity index (χ1) is 13.1. The smallest absolute Gasteiger partial charge is 0.327 e. The van der Waals surface area contributed by atoms with Crippen LogP contribution in [0.2, 0.25) is 0 Å². The average molecular weight is 406 g/mol. The van der Waals surface area contributed by atoms with Crippen LogP contribution in [-0.4, -0.2) is 26.6 Å². The second-order valence-electron chi connectivity index (χ2n) is 6.77. The van der Waals surface area contributed by atoms with Crippen molar-refractivity contribution in [2.45, 2.75) is 44.4 Å². The first kappa shape index (κ1) is 20.3. The maximum Gasteiger partial charge on any atom is 0.451 e. The van der Waals surface area contributed by atoms with E-state index in [1.165, 1.54) is 0 Å². The molecule has 1 unspecified atom stereocenters. The zero-order valence-electron chi connectivity index (χ0n) is 14.4. The van der Waals surface area contributed by atoms with E-state index in [0.717, 1.165) is 10.6 Å². The van der Waals surface area contributed by atoms with Gasteiger partial charge in [0.1, 0.15) is 17.4 Å². The Morgan fingerprint density at radius 2 is 1.96 bits per heavy atom. The Morgan fingerprint density at radius 1 is 1.25 bits per heavy atom. The van der Waals surface area contributed by atoms with Gasteiger partial charge < -0.3 is 10.3 Å². The summed E-state index contributed by atoms with van der Waals surface area (Å²) >= 11 is 0. The quantitative estimate of drug-likeness (QED) is 0.612. The van der Waals surface area contributed by atoms with Gasteiger partial charge in [-0.25, -0.2) is 13.2 Å². The van der Waals surface area contributed by atoms with Crippen molar-refractivity contribution in [3.63, 3.8) is 0 Å². The molecule has 2 atom stereocenters. The average Bonchev–Trinajstić information content (AvgIpc) is 3.02. The Labute approximate surface area is 155 Å². The minimum atomic E-state index is -4.63. The molecule has 3 rings (SSSR count). The molecule has 152 valence electrons. The van der Waals surface area contributed by atoms with E-state index < -0.39 is 41.4 Å². The molecule has 2 N–H and O–H groups in total. The fourth-order valence-electron chi connectivity index (χ4n) is 3.35. The summed E-state index contributed by atoms with van der Waals surface area (Å²) in [4.78, 5) is 12.4. The van der Waals surface area contributed by atoms with Gasteiger partial charge in [0, 0.05) is 37.4 Å². The molecule has 2 heterocycles. The van der Waals surface area contributed by atoms with Gasteiger partial charge in [0.15, 0.2) is 11.6 Å². The third-order valence-corrected chi connectivity index (χ3v) is 4.68. The molecule has 0 bridgehead atoms. The minimum absolute atomic E-state index is 0.0163. The largest absolute Gasteiger partial charge is 0.451 e. The molecule has 0 saturated heterocycles. The van der Waals surface area contributed by atoms with Crippen LogP contribution < -0.4 is 5.73 Å². The molecule has 5 nitrogen and oxygen atoms in total. The van der Waals surface area contributed by atoms with Crippen LogP contribution in [0.1, 0.15) is 30.1 Å². The van der Waals surface area contributed by atoms with Gasteiger partial charge in [0.05, 0.1) is 0 Å². The predicted molar refractivity (Wildman–Crippen MR) is 84.5 cm³/mol. The summed E-state index contributed by atoms with van der Waals surface area (Å²) in [5.74, 6) is -5.50. The number of rotatable bonds is 5. The van der Waals surface area contributed by atoms with Gasteiger partial charge in [0.25, 0.3) is 0 Å². The van der Waals surface area contributed by atoms with E-state index >= 15 is 0 Å². The van der Waals surface area contributed by atoms with Gasteiger partial charge in [-0.15, -0.1) is 10.2 Å². The van der Waals surface area contributed by atoms with E-state index in [1.807, 2.05) is 0 Å². The number of nitrogens with two attached hydrogens (primary N) is 1. The van der Waals surface area contributed by atoms with Crippen LogP contribution in [0.15, 0.2) is 12.1 Å². The summed E-state index contributed by atoms with van der Waals surface area (Å²) in [6, 6.07) is 0.321. The Bertz CT molecular complexity index is 895. The standard InChI is InChI=1S/C17H16F6N4O/c18-10-3-9(15(20)12(19)6-10)4-11(24)7-13(28)8-1-2-27-14(5-8)25-26-16(27)17(21,22)23/h3,6,8,11H,1-2,4-5,7,24H2/t8?,11-/m1/s1. The van der Waals surface area contributed by atoms with Crippen LogP contribution in [0.4, 0.5) is 26.3 Å². The van der Waals surface area contributed by atoms with Crippen molar-refractivity contribution in [2.24, 2.45) is 11.7 Å². The van der Waals surface area contributed by atoms with E-state index in [9.17, 15) is 31.1 Å². The van der Waals surface area contributed by atoms with E-state index in [-0.39, 0.29) is 49.4 Å². The molecule has 0 spiro atoms. The number of carbonyl (C=O) groups excluding carboxylic acids is 1. The molecule has 0 amide bonds. The van der Waals surface area contributed by atoms with E-state index in [0.29, 0.717) is 6.07 Å². The normalized spacial score (nSPS) is 18.0. The second-order valence-corrected chi connectivity index (χ2v) is 6.77. The number of alkyl halides is 3. The van der Waals surface area contributed by atoms with Crippen LogP contribution >= 0.6 is 0 Å². The van der Waals surface area contributed by atoms with E-state index in [2.05, 4.69) is 10.2 Å². The Morgan fingerprint density at radius 3 is 2.64 bits per heavy atom. The number of Topliss-reactive ketones (excluding diaryl/α,β-unsaturated/α-hetero) is 1. The Kier molecular flexibility index (Phi) is 5.46. The van der Waals surface area contributed by atoms with Crippen molar-refractivity contribution in [2.75, 3.05) is 0 Å². The topological polar surface area (TPSA) is 73.8 Å². The van der Waals surface area contributed by atoms with Crippen molar-refractivity contribution in [1.82, 2.24) is 14.8 Å². The summed E-state index contributed by atoms with van der Waals surface area (Å²) in [6.45, 7) is -0.0629. The number of hydrogen-bond acceptors (Lipinski definition) is 4.